The number of rotatable bonds is 6. The van der Waals surface area contributed by atoms with Crippen LogP contribution in [0, 0.1) is 0 Å². The Labute approximate surface area is 120 Å². The van der Waals surface area contributed by atoms with Crippen molar-refractivity contribution in [2.75, 3.05) is 19.0 Å². The van der Waals surface area contributed by atoms with Gasteiger partial charge in [0.05, 0.1) is 13.7 Å². The SMILES string of the molecule is CCOC(=O)c1nc(NC(C)C(=O)OC)sc1C(C)=O. The van der Waals surface area contributed by atoms with Crippen molar-refractivity contribution in [3.63, 3.8) is 0 Å². The minimum Gasteiger partial charge on any atom is -0.467 e. The molecule has 1 rings (SSSR count). The number of aromatic nitrogens is 1. The van der Waals surface area contributed by atoms with Crippen molar-refractivity contribution in [2.45, 2.75) is 26.8 Å². The van der Waals surface area contributed by atoms with Crippen LogP contribution in [-0.4, -0.2) is 42.5 Å². The lowest BCUT2D eigenvalue weighted by atomic mass is 10.3. The van der Waals surface area contributed by atoms with E-state index in [2.05, 4.69) is 15.0 Å². The van der Waals surface area contributed by atoms with Gasteiger partial charge in [-0.3, -0.25) is 4.79 Å². The van der Waals surface area contributed by atoms with E-state index in [4.69, 9.17) is 4.74 Å². The van der Waals surface area contributed by atoms with Crippen LogP contribution in [0.15, 0.2) is 0 Å². The molecule has 0 fully saturated rings. The van der Waals surface area contributed by atoms with E-state index in [1.54, 1.807) is 13.8 Å². The highest BCUT2D eigenvalue weighted by atomic mass is 32.1. The molecule has 0 aromatic carbocycles. The summed E-state index contributed by atoms with van der Waals surface area (Å²) in [4.78, 5) is 38.7. The molecule has 0 spiro atoms. The zero-order chi connectivity index (χ0) is 15.3. The molecule has 1 unspecified atom stereocenters. The smallest absolute Gasteiger partial charge is 0.358 e. The third kappa shape index (κ3) is 3.77. The first kappa shape index (κ1) is 16.1. The predicted octanol–water partition coefficient (Wildman–Crippen LogP) is 1.50. The molecule has 8 heteroatoms. The number of carbonyl (C=O) groups is 3. The molecule has 0 aliphatic heterocycles. The van der Waals surface area contributed by atoms with Crippen LogP contribution in [0.25, 0.3) is 0 Å². The van der Waals surface area contributed by atoms with Crippen molar-refractivity contribution in [3.05, 3.63) is 10.6 Å². The maximum Gasteiger partial charge on any atom is 0.358 e. The minimum absolute atomic E-state index is 0.0380. The predicted molar refractivity (Wildman–Crippen MR) is 73.2 cm³/mol. The number of Topliss-reactive ketones (excluding diaryl/α,β-unsaturated/α-hetero) is 1. The highest BCUT2D eigenvalue weighted by Crippen LogP contribution is 2.25. The number of ether oxygens (including phenoxy) is 2. The van der Waals surface area contributed by atoms with Crippen LogP contribution in [-0.2, 0) is 14.3 Å². The molecule has 1 atom stereocenters. The van der Waals surface area contributed by atoms with Crippen LogP contribution in [0.5, 0.6) is 0 Å². The summed E-state index contributed by atoms with van der Waals surface area (Å²) >= 11 is 0.998. The van der Waals surface area contributed by atoms with E-state index in [1.807, 2.05) is 0 Å². The number of nitrogens with one attached hydrogen (secondary N) is 1. The Hall–Kier alpha value is -1.96. The standard InChI is InChI=1S/C12H16N2O5S/c1-5-19-11(17)8-9(7(3)15)20-12(14-8)13-6(2)10(16)18-4/h6H,5H2,1-4H3,(H,13,14). The molecule has 20 heavy (non-hydrogen) atoms. The normalized spacial score (nSPS) is 11.6. The molecule has 0 radical (unpaired) electrons. The molecule has 110 valence electrons. The molecule has 7 nitrogen and oxygen atoms in total. The number of hydrogen-bond acceptors (Lipinski definition) is 8. The highest BCUT2D eigenvalue weighted by molar-refractivity contribution is 7.17. The lowest BCUT2D eigenvalue weighted by Gasteiger charge is -2.09. The van der Waals surface area contributed by atoms with Crippen molar-refractivity contribution >= 4 is 34.2 Å². The van der Waals surface area contributed by atoms with E-state index >= 15 is 0 Å². The number of esters is 2. The first-order chi connectivity index (χ1) is 9.40. The van der Waals surface area contributed by atoms with E-state index in [9.17, 15) is 14.4 Å². The Morgan fingerprint density at radius 2 is 2.05 bits per heavy atom. The maximum absolute atomic E-state index is 11.7. The average molecular weight is 300 g/mol. The molecule has 0 aliphatic carbocycles. The zero-order valence-electron chi connectivity index (χ0n) is 11.7. The van der Waals surface area contributed by atoms with E-state index in [0.717, 1.165) is 11.3 Å². The van der Waals surface area contributed by atoms with Crippen molar-refractivity contribution < 1.29 is 23.9 Å². The van der Waals surface area contributed by atoms with Gasteiger partial charge >= 0.3 is 11.9 Å². The van der Waals surface area contributed by atoms with Gasteiger partial charge in [0.1, 0.15) is 10.9 Å². The molecule has 0 bridgehead atoms. The monoisotopic (exact) mass is 300 g/mol. The van der Waals surface area contributed by atoms with Gasteiger partial charge in [0.2, 0.25) is 0 Å². The van der Waals surface area contributed by atoms with Gasteiger partial charge in [0, 0.05) is 6.92 Å². The summed E-state index contributed by atoms with van der Waals surface area (Å²) in [5.41, 5.74) is -0.0380. The van der Waals surface area contributed by atoms with Crippen molar-refractivity contribution in [3.8, 4) is 0 Å². The summed E-state index contributed by atoms with van der Waals surface area (Å²) in [6, 6.07) is -0.638. The number of ketones is 1. The second-order valence-electron chi connectivity index (χ2n) is 3.86. The fourth-order valence-electron chi connectivity index (χ4n) is 1.38. The molecule has 1 aromatic rings. The third-order valence-electron chi connectivity index (χ3n) is 2.31. The van der Waals surface area contributed by atoms with Gasteiger partial charge in [-0.1, -0.05) is 11.3 Å². The fraction of sp³-hybridized carbons (Fsp3) is 0.500. The van der Waals surface area contributed by atoms with Crippen LogP contribution >= 0.6 is 11.3 Å². The molecular formula is C12H16N2O5S. The number of methoxy groups -OCH3 is 1. The Morgan fingerprint density at radius 1 is 1.40 bits per heavy atom. The van der Waals surface area contributed by atoms with Gasteiger partial charge in [0.15, 0.2) is 16.6 Å². The molecule has 0 saturated heterocycles. The van der Waals surface area contributed by atoms with Gasteiger partial charge in [-0.25, -0.2) is 14.6 Å². The molecule has 1 aromatic heterocycles. The van der Waals surface area contributed by atoms with Crippen LogP contribution in [0.3, 0.4) is 0 Å². The largest absolute Gasteiger partial charge is 0.467 e. The lowest BCUT2D eigenvalue weighted by molar-refractivity contribution is -0.141. The van der Waals surface area contributed by atoms with Crippen LogP contribution in [0.2, 0.25) is 0 Å². The molecule has 0 amide bonds. The van der Waals surface area contributed by atoms with Gasteiger partial charge in [-0.2, -0.15) is 0 Å². The summed E-state index contributed by atoms with van der Waals surface area (Å²) < 4.78 is 9.41. The third-order valence-corrected chi connectivity index (χ3v) is 3.40. The molecule has 1 N–H and O–H groups in total. The Morgan fingerprint density at radius 3 is 2.55 bits per heavy atom. The van der Waals surface area contributed by atoms with E-state index < -0.39 is 18.0 Å². The summed E-state index contributed by atoms with van der Waals surface area (Å²) in [6.07, 6.45) is 0. The van der Waals surface area contributed by atoms with Crippen LogP contribution in [0.4, 0.5) is 5.13 Å². The van der Waals surface area contributed by atoms with Crippen molar-refractivity contribution in [1.29, 1.82) is 0 Å². The van der Waals surface area contributed by atoms with Gasteiger partial charge < -0.3 is 14.8 Å². The van der Waals surface area contributed by atoms with Gasteiger partial charge in [0.25, 0.3) is 0 Å². The van der Waals surface area contributed by atoms with Crippen LogP contribution in [0.1, 0.15) is 40.9 Å². The average Bonchev–Trinajstić information content (AvgIpc) is 2.82. The number of thiazole rings is 1. The summed E-state index contributed by atoms with van der Waals surface area (Å²) in [7, 11) is 1.27. The lowest BCUT2D eigenvalue weighted by Crippen LogP contribution is -2.27. The Balaban J connectivity index is 3.00. The summed E-state index contributed by atoms with van der Waals surface area (Å²) in [5.74, 6) is -1.42. The number of carbonyl (C=O) groups excluding carboxylic acids is 3. The zero-order valence-corrected chi connectivity index (χ0v) is 12.5. The van der Waals surface area contributed by atoms with Crippen LogP contribution < -0.4 is 5.32 Å². The molecular weight excluding hydrogens is 284 g/mol. The van der Waals surface area contributed by atoms with Gasteiger partial charge in [-0.15, -0.1) is 0 Å². The van der Waals surface area contributed by atoms with E-state index in [-0.39, 0.29) is 28.1 Å². The van der Waals surface area contributed by atoms with Gasteiger partial charge in [-0.05, 0) is 13.8 Å². The fourth-order valence-corrected chi connectivity index (χ4v) is 2.31. The van der Waals surface area contributed by atoms with Crippen molar-refractivity contribution in [1.82, 2.24) is 4.98 Å². The molecule has 1 heterocycles. The number of nitrogens with zero attached hydrogens (tertiary/aromatic N) is 1. The number of anilines is 1. The summed E-state index contributed by atoms with van der Waals surface area (Å²) in [5, 5.41) is 3.07. The second-order valence-corrected chi connectivity index (χ2v) is 4.86. The van der Waals surface area contributed by atoms with E-state index in [1.165, 1.54) is 14.0 Å². The Kier molecular flexibility index (Phi) is 5.63. The first-order valence-electron chi connectivity index (χ1n) is 5.93. The highest BCUT2D eigenvalue weighted by Gasteiger charge is 2.24. The van der Waals surface area contributed by atoms with Crippen molar-refractivity contribution in [2.24, 2.45) is 0 Å². The minimum atomic E-state index is -0.660. The quantitative estimate of drug-likeness (QED) is 0.628. The molecule has 0 aliphatic rings. The topological polar surface area (TPSA) is 94.6 Å². The first-order valence-corrected chi connectivity index (χ1v) is 6.75. The Bertz CT molecular complexity index is 526. The second kappa shape index (κ2) is 6.99. The maximum atomic E-state index is 11.7. The molecule has 0 saturated carbocycles. The summed E-state index contributed by atoms with van der Waals surface area (Å²) in [6.45, 7) is 4.78. The number of hydrogen-bond donors (Lipinski definition) is 1. The van der Waals surface area contributed by atoms with E-state index in [0.29, 0.717) is 0 Å².